The lowest BCUT2D eigenvalue weighted by molar-refractivity contribution is 0.517. The van der Waals surface area contributed by atoms with Gasteiger partial charge in [0.25, 0.3) is 0 Å². The van der Waals surface area contributed by atoms with Crippen LogP contribution in [0.4, 0.5) is 4.39 Å². The van der Waals surface area contributed by atoms with Crippen molar-refractivity contribution in [3.63, 3.8) is 0 Å². The van der Waals surface area contributed by atoms with E-state index in [0.717, 1.165) is 16.5 Å². The van der Waals surface area contributed by atoms with E-state index in [2.05, 4.69) is 0 Å². The van der Waals surface area contributed by atoms with Crippen LogP contribution in [0.1, 0.15) is 19.4 Å². The van der Waals surface area contributed by atoms with E-state index in [0.29, 0.717) is 6.54 Å². The molecular weight excluding hydrogens is 229 g/mol. The summed E-state index contributed by atoms with van der Waals surface area (Å²) in [6, 6.07) is 4.72. The SMILES string of the molecule is CC(C)(CN)c1cc(F)cc2ccoc12.Cl. The van der Waals surface area contributed by atoms with E-state index in [1.807, 2.05) is 13.8 Å². The molecule has 0 amide bonds. The lowest BCUT2D eigenvalue weighted by atomic mass is 9.84. The molecule has 2 nitrogen and oxygen atoms in total. The molecule has 2 N–H and O–H groups in total. The number of fused-ring (bicyclic) bond motifs is 1. The molecule has 0 aliphatic carbocycles. The van der Waals surface area contributed by atoms with Crippen LogP contribution in [0, 0.1) is 5.82 Å². The molecule has 0 radical (unpaired) electrons. The Balaban J connectivity index is 0.00000128. The fourth-order valence-corrected chi connectivity index (χ4v) is 1.66. The fraction of sp³-hybridized carbons (Fsp3) is 0.333. The summed E-state index contributed by atoms with van der Waals surface area (Å²) >= 11 is 0. The van der Waals surface area contributed by atoms with E-state index in [4.69, 9.17) is 10.2 Å². The van der Waals surface area contributed by atoms with Crippen LogP contribution in [0.25, 0.3) is 11.0 Å². The zero-order valence-corrected chi connectivity index (χ0v) is 10.1. The third kappa shape index (κ3) is 2.06. The molecule has 0 fully saturated rings. The maximum Gasteiger partial charge on any atom is 0.137 e. The van der Waals surface area contributed by atoms with Gasteiger partial charge in [-0.15, -0.1) is 12.4 Å². The van der Waals surface area contributed by atoms with Gasteiger partial charge in [0.1, 0.15) is 11.4 Å². The first kappa shape index (κ1) is 13.0. The van der Waals surface area contributed by atoms with Gasteiger partial charge in [-0.1, -0.05) is 13.8 Å². The second-order valence-electron chi connectivity index (χ2n) is 4.38. The molecule has 0 bridgehead atoms. The van der Waals surface area contributed by atoms with Gasteiger partial charge in [0.05, 0.1) is 6.26 Å². The van der Waals surface area contributed by atoms with Gasteiger partial charge in [0.2, 0.25) is 0 Å². The van der Waals surface area contributed by atoms with Crippen LogP contribution in [-0.4, -0.2) is 6.54 Å². The van der Waals surface area contributed by atoms with Crippen molar-refractivity contribution in [2.75, 3.05) is 6.54 Å². The van der Waals surface area contributed by atoms with Gasteiger partial charge in [-0.2, -0.15) is 0 Å². The van der Waals surface area contributed by atoms with Crippen LogP contribution in [0.5, 0.6) is 0 Å². The average Bonchev–Trinajstić information content (AvgIpc) is 2.63. The first-order valence-electron chi connectivity index (χ1n) is 4.92. The Morgan fingerprint density at radius 3 is 2.69 bits per heavy atom. The number of hydrogen-bond acceptors (Lipinski definition) is 2. The van der Waals surface area contributed by atoms with Gasteiger partial charge in [-0.25, -0.2) is 4.39 Å². The third-order valence-corrected chi connectivity index (χ3v) is 2.76. The molecule has 1 aromatic heterocycles. The molecule has 0 spiro atoms. The largest absolute Gasteiger partial charge is 0.464 e. The van der Waals surface area contributed by atoms with Crippen molar-refractivity contribution in [3.8, 4) is 0 Å². The smallest absolute Gasteiger partial charge is 0.137 e. The van der Waals surface area contributed by atoms with Crippen molar-refractivity contribution in [1.29, 1.82) is 0 Å². The van der Waals surface area contributed by atoms with E-state index < -0.39 is 0 Å². The van der Waals surface area contributed by atoms with Gasteiger partial charge in [-0.05, 0) is 18.2 Å². The quantitative estimate of drug-likeness (QED) is 0.880. The zero-order chi connectivity index (χ0) is 11.1. The van der Waals surface area contributed by atoms with Crippen molar-refractivity contribution in [1.82, 2.24) is 0 Å². The van der Waals surface area contributed by atoms with Crippen LogP contribution >= 0.6 is 12.4 Å². The van der Waals surface area contributed by atoms with Crippen molar-refractivity contribution in [3.05, 3.63) is 35.8 Å². The monoisotopic (exact) mass is 243 g/mol. The summed E-state index contributed by atoms with van der Waals surface area (Å²) in [5.74, 6) is -0.250. The van der Waals surface area contributed by atoms with Crippen LogP contribution in [0.3, 0.4) is 0 Å². The van der Waals surface area contributed by atoms with Crippen molar-refractivity contribution < 1.29 is 8.81 Å². The molecule has 0 aliphatic heterocycles. The molecular formula is C12H15ClFNO. The first-order chi connectivity index (χ1) is 7.04. The van der Waals surface area contributed by atoms with Crippen LogP contribution in [-0.2, 0) is 5.41 Å². The lowest BCUT2D eigenvalue weighted by Crippen LogP contribution is -2.28. The average molecular weight is 244 g/mol. The number of hydrogen-bond donors (Lipinski definition) is 1. The molecule has 2 rings (SSSR count). The second-order valence-corrected chi connectivity index (χ2v) is 4.38. The first-order valence-corrected chi connectivity index (χ1v) is 4.92. The van der Waals surface area contributed by atoms with E-state index in [-0.39, 0.29) is 23.6 Å². The number of rotatable bonds is 2. The molecule has 0 atom stereocenters. The Morgan fingerprint density at radius 2 is 2.06 bits per heavy atom. The highest BCUT2D eigenvalue weighted by Crippen LogP contribution is 2.31. The Labute approximate surface area is 100 Å². The highest BCUT2D eigenvalue weighted by atomic mass is 35.5. The molecule has 0 unspecified atom stereocenters. The summed E-state index contributed by atoms with van der Waals surface area (Å²) in [6.45, 7) is 4.40. The minimum absolute atomic E-state index is 0. The van der Waals surface area contributed by atoms with Crippen molar-refractivity contribution >= 4 is 23.4 Å². The maximum atomic E-state index is 13.4. The van der Waals surface area contributed by atoms with Gasteiger partial charge < -0.3 is 10.2 Å². The molecule has 1 heterocycles. The lowest BCUT2D eigenvalue weighted by Gasteiger charge is -2.23. The van der Waals surface area contributed by atoms with Crippen molar-refractivity contribution in [2.45, 2.75) is 19.3 Å². The highest BCUT2D eigenvalue weighted by Gasteiger charge is 2.23. The topological polar surface area (TPSA) is 39.2 Å². The summed E-state index contributed by atoms with van der Waals surface area (Å²) in [6.07, 6.45) is 1.57. The zero-order valence-electron chi connectivity index (χ0n) is 9.29. The third-order valence-electron chi connectivity index (χ3n) is 2.76. The Hall–Kier alpha value is -1.06. The van der Waals surface area contributed by atoms with Gasteiger partial charge in [0.15, 0.2) is 0 Å². The molecule has 0 saturated heterocycles. The second kappa shape index (κ2) is 4.44. The summed E-state index contributed by atoms with van der Waals surface area (Å²) in [7, 11) is 0. The molecule has 0 saturated carbocycles. The summed E-state index contributed by atoms with van der Waals surface area (Å²) in [5, 5.41) is 0.784. The molecule has 88 valence electrons. The molecule has 0 aliphatic rings. The van der Waals surface area contributed by atoms with E-state index in [1.165, 1.54) is 12.1 Å². The Kier molecular flexibility index (Phi) is 3.61. The van der Waals surface area contributed by atoms with E-state index in [9.17, 15) is 4.39 Å². The number of halogens is 2. The Morgan fingerprint density at radius 1 is 1.38 bits per heavy atom. The summed E-state index contributed by atoms with van der Waals surface area (Å²) in [4.78, 5) is 0. The molecule has 1 aromatic carbocycles. The fourth-order valence-electron chi connectivity index (χ4n) is 1.66. The standard InChI is InChI=1S/C12H14FNO.ClH/c1-12(2,7-14)10-6-9(13)5-8-3-4-15-11(8)10;/h3-6H,7,14H2,1-2H3;1H. The minimum Gasteiger partial charge on any atom is -0.464 e. The summed E-state index contributed by atoms with van der Waals surface area (Å²) in [5.41, 5.74) is 6.96. The van der Waals surface area contributed by atoms with Crippen LogP contribution < -0.4 is 5.73 Å². The normalized spacial score (nSPS) is 11.5. The number of benzene rings is 1. The number of nitrogens with two attached hydrogens (primary N) is 1. The van der Waals surface area contributed by atoms with Crippen molar-refractivity contribution in [2.24, 2.45) is 5.73 Å². The highest BCUT2D eigenvalue weighted by molar-refractivity contribution is 5.85. The predicted octanol–water partition coefficient (Wildman–Crippen LogP) is 3.23. The van der Waals surface area contributed by atoms with Gasteiger partial charge >= 0.3 is 0 Å². The van der Waals surface area contributed by atoms with Crippen LogP contribution in [0.15, 0.2) is 28.9 Å². The Bertz CT molecular complexity index is 493. The van der Waals surface area contributed by atoms with Gasteiger partial charge in [-0.3, -0.25) is 0 Å². The van der Waals surface area contributed by atoms with E-state index >= 15 is 0 Å². The predicted molar refractivity (Wildman–Crippen MR) is 65.5 cm³/mol. The molecule has 2 aromatic rings. The van der Waals surface area contributed by atoms with E-state index in [1.54, 1.807) is 12.3 Å². The number of furan rings is 1. The minimum atomic E-state index is -0.280. The molecule has 4 heteroatoms. The maximum absolute atomic E-state index is 13.4. The van der Waals surface area contributed by atoms with Gasteiger partial charge in [0, 0.05) is 22.9 Å². The summed E-state index contributed by atoms with van der Waals surface area (Å²) < 4.78 is 18.7. The van der Waals surface area contributed by atoms with Crippen LogP contribution in [0.2, 0.25) is 0 Å². The molecule has 16 heavy (non-hydrogen) atoms.